The van der Waals surface area contributed by atoms with Crippen molar-refractivity contribution in [2.24, 2.45) is 28.1 Å². The van der Waals surface area contributed by atoms with Crippen molar-refractivity contribution in [1.29, 1.82) is 0 Å². The van der Waals surface area contributed by atoms with E-state index in [9.17, 15) is 27.6 Å². The van der Waals surface area contributed by atoms with Gasteiger partial charge in [0.05, 0.1) is 43.0 Å². The largest absolute Gasteiger partial charge is 0.522 e. The van der Waals surface area contributed by atoms with E-state index in [4.69, 9.17) is 9.47 Å². The predicted octanol–water partition coefficient (Wildman–Crippen LogP) is 3.77. The van der Waals surface area contributed by atoms with Crippen molar-refractivity contribution < 1.29 is 41.8 Å². The van der Waals surface area contributed by atoms with Crippen LogP contribution in [0.2, 0.25) is 0 Å². The number of thiazole rings is 1. The lowest BCUT2D eigenvalue weighted by molar-refractivity contribution is -0.345. The van der Waals surface area contributed by atoms with Gasteiger partial charge in [-0.2, -0.15) is 0 Å². The maximum Gasteiger partial charge on any atom is 0.522 e. The molecule has 1 spiro atoms. The normalized spacial score (nSPS) is 30.4. The Labute approximate surface area is 310 Å². The number of carbonyl (C=O) groups is 3. The van der Waals surface area contributed by atoms with Crippen LogP contribution in [0.15, 0.2) is 11.8 Å². The lowest BCUT2D eigenvalue weighted by atomic mass is 9.70. The molecular formula is C36H48F3N7O6S. The van der Waals surface area contributed by atoms with E-state index >= 15 is 0 Å². The second-order valence-corrected chi connectivity index (χ2v) is 17.9. The standard InChI is InChI=1S/C36H48F3N7O6S/c1-21(50-17-34-8-4-22(5-9-34)51-18-34)26(32(49)44-10-6-23(7-11-44)52-36(37,38)39)43-30(47)25-13-45(29-27-28(40-19-41-29)42-20-53-27)14-35(25)15-46(16-35)31(48)24-12-33(24,2)3/h19-26H,4-18H2,1-3H3,(H,43,47)/t21-,22?,24-,25+,26+,34?/m1/s1. The van der Waals surface area contributed by atoms with Gasteiger partial charge >= 0.3 is 6.36 Å². The number of piperidine rings is 1. The number of nitrogens with zero attached hydrogens (tertiary/aromatic N) is 6. The van der Waals surface area contributed by atoms with Gasteiger partial charge in [0, 0.05) is 56.0 Å². The zero-order valence-electron chi connectivity index (χ0n) is 30.4. The van der Waals surface area contributed by atoms with Crippen LogP contribution in [-0.2, 0) is 28.6 Å². The fraction of sp³-hybridized carbons (Fsp3) is 0.778. The first-order chi connectivity index (χ1) is 25.1. The monoisotopic (exact) mass is 763 g/mol. The summed E-state index contributed by atoms with van der Waals surface area (Å²) < 4.78 is 56.4. The minimum absolute atomic E-state index is 0.0239. The van der Waals surface area contributed by atoms with Crippen molar-refractivity contribution in [3.63, 3.8) is 0 Å². The van der Waals surface area contributed by atoms with Gasteiger partial charge in [0.2, 0.25) is 17.7 Å². The molecule has 53 heavy (non-hydrogen) atoms. The first kappa shape index (κ1) is 36.8. The molecule has 2 bridgehead atoms. The molecule has 4 atom stereocenters. The van der Waals surface area contributed by atoms with Crippen LogP contribution in [0.4, 0.5) is 19.0 Å². The van der Waals surface area contributed by atoms with Crippen LogP contribution >= 0.6 is 11.3 Å². The Morgan fingerprint density at radius 1 is 1.04 bits per heavy atom. The van der Waals surface area contributed by atoms with Crippen molar-refractivity contribution in [1.82, 2.24) is 30.1 Å². The molecule has 5 aliphatic heterocycles. The molecule has 7 heterocycles. The maximum atomic E-state index is 14.6. The molecule has 17 heteroatoms. The summed E-state index contributed by atoms with van der Waals surface area (Å²) >= 11 is 1.42. The highest BCUT2D eigenvalue weighted by atomic mass is 32.1. The molecule has 0 aromatic carbocycles. The van der Waals surface area contributed by atoms with Crippen LogP contribution in [0.3, 0.4) is 0 Å². The zero-order chi connectivity index (χ0) is 37.3. The molecule has 1 N–H and O–H groups in total. The minimum Gasteiger partial charge on any atom is -0.378 e. The van der Waals surface area contributed by atoms with Gasteiger partial charge in [-0.15, -0.1) is 24.5 Å². The molecule has 7 fully saturated rings. The number of rotatable bonds is 10. The van der Waals surface area contributed by atoms with E-state index in [1.807, 2.05) is 4.90 Å². The van der Waals surface area contributed by atoms with E-state index in [2.05, 4.69) is 43.8 Å². The second-order valence-electron chi connectivity index (χ2n) is 17.0. The van der Waals surface area contributed by atoms with E-state index in [0.29, 0.717) is 50.9 Å². The summed E-state index contributed by atoms with van der Waals surface area (Å²) in [6.45, 7) is 8.64. The van der Waals surface area contributed by atoms with Gasteiger partial charge in [-0.05, 0) is 57.3 Å². The summed E-state index contributed by atoms with van der Waals surface area (Å²) in [5.74, 6) is -0.561. The molecule has 0 unspecified atom stereocenters. The number of likely N-dealkylation sites (tertiary alicyclic amines) is 2. The van der Waals surface area contributed by atoms with Crippen molar-refractivity contribution in [2.75, 3.05) is 57.4 Å². The number of ether oxygens (including phenoxy) is 3. The lowest BCUT2D eigenvalue weighted by Crippen LogP contribution is -2.65. The van der Waals surface area contributed by atoms with Crippen LogP contribution < -0.4 is 10.2 Å². The van der Waals surface area contributed by atoms with Crippen molar-refractivity contribution in [3.8, 4) is 0 Å². The number of aromatic nitrogens is 3. The first-order valence-corrected chi connectivity index (χ1v) is 19.7. The third-order valence-electron chi connectivity index (χ3n) is 12.9. The Morgan fingerprint density at radius 2 is 1.75 bits per heavy atom. The first-order valence-electron chi connectivity index (χ1n) is 18.8. The number of alkyl halides is 3. The number of fused-ring (bicyclic) bond motifs is 4. The number of nitrogens with one attached hydrogen (secondary N) is 1. The molecule has 2 aromatic rings. The summed E-state index contributed by atoms with van der Waals surface area (Å²) in [7, 11) is 0. The fourth-order valence-electron chi connectivity index (χ4n) is 9.31. The molecule has 0 radical (unpaired) electrons. The van der Waals surface area contributed by atoms with Gasteiger partial charge in [0.1, 0.15) is 17.1 Å². The number of amides is 3. The third-order valence-corrected chi connectivity index (χ3v) is 13.7. The van der Waals surface area contributed by atoms with E-state index in [1.54, 1.807) is 12.4 Å². The SMILES string of the molecule is C[C@@H](OCC12CCC(CC1)OC2)[C@H](NC(=O)[C@@H]1CN(c2ncnc3ncsc23)CC12CN(C(=O)[C@H]1CC1(C)C)C2)C(=O)N1CCC(OC(F)(F)F)CC1. The Balaban J connectivity index is 1.02. The van der Waals surface area contributed by atoms with E-state index in [-0.39, 0.29) is 60.6 Å². The van der Waals surface area contributed by atoms with Crippen LogP contribution in [0.5, 0.6) is 0 Å². The Kier molecular flexibility index (Phi) is 9.41. The van der Waals surface area contributed by atoms with Crippen LogP contribution in [0, 0.1) is 28.1 Å². The maximum absolute atomic E-state index is 14.6. The number of halogens is 3. The number of anilines is 1. The van der Waals surface area contributed by atoms with Gasteiger partial charge in [0.25, 0.3) is 0 Å². The van der Waals surface area contributed by atoms with Gasteiger partial charge in [-0.25, -0.2) is 15.0 Å². The van der Waals surface area contributed by atoms with Crippen molar-refractivity contribution in [2.45, 2.75) is 96.4 Å². The lowest BCUT2D eigenvalue weighted by Gasteiger charge is -2.51. The molecule has 9 rings (SSSR count). The highest BCUT2D eigenvalue weighted by molar-refractivity contribution is 7.17. The van der Waals surface area contributed by atoms with E-state index in [0.717, 1.165) is 36.8 Å². The summed E-state index contributed by atoms with van der Waals surface area (Å²) in [5, 5.41) is 3.08. The van der Waals surface area contributed by atoms with Crippen molar-refractivity contribution >= 4 is 45.2 Å². The highest BCUT2D eigenvalue weighted by Gasteiger charge is 2.62. The third kappa shape index (κ3) is 7.22. The predicted molar refractivity (Wildman–Crippen MR) is 187 cm³/mol. The molecule has 13 nitrogen and oxygen atoms in total. The second kappa shape index (κ2) is 13.6. The minimum atomic E-state index is -4.75. The molecule has 3 amide bonds. The zero-order valence-corrected chi connectivity index (χ0v) is 31.2. The fourth-order valence-corrected chi connectivity index (χ4v) is 10.1. The van der Waals surface area contributed by atoms with Crippen LogP contribution in [0.1, 0.15) is 65.7 Å². The summed E-state index contributed by atoms with van der Waals surface area (Å²) in [6, 6.07) is -1.08. The molecule has 5 saturated heterocycles. The van der Waals surface area contributed by atoms with Crippen molar-refractivity contribution in [3.05, 3.63) is 11.8 Å². The highest BCUT2D eigenvalue weighted by Crippen LogP contribution is 2.55. The summed E-state index contributed by atoms with van der Waals surface area (Å²) in [6.07, 6.45) is -0.0350. The Bertz CT molecular complexity index is 1710. The summed E-state index contributed by atoms with van der Waals surface area (Å²) in [4.78, 5) is 61.0. The number of hydrogen-bond acceptors (Lipinski definition) is 11. The van der Waals surface area contributed by atoms with Gasteiger partial charge in [0.15, 0.2) is 11.5 Å². The molecule has 2 saturated carbocycles. The average Bonchev–Trinajstić information content (AvgIpc) is 3.42. The van der Waals surface area contributed by atoms with Gasteiger partial charge in [-0.3, -0.25) is 19.1 Å². The molecule has 2 aliphatic carbocycles. The van der Waals surface area contributed by atoms with Gasteiger partial charge < -0.3 is 29.5 Å². The van der Waals surface area contributed by atoms with Gasteiger partial charge in [-0.1, -0.05) is 13.8 Å². The van der Waals surface area contributed by atoms with Crippen LogP contribution in [0.25, 0.3) is 10.3 Å². The Hall–Kier alpha value is -3.15. The number of carbonyl (C=O) groups excluding carboxylic acids is 3. The Morgan fingerprint density at radius 3 is 2.40 bits per heavy atom. The smallest absolute Gasteiger partial charge is 0.378 e. The molecule has 2 aromatic heterocycles. The summed E-state index contributed by atoms with van der Waals surface area (Å²) in [5.41, 5.74) is 1.52. The quantitative estimate of drug-likeness (QED) is 0.381. The number of hydrogen-bond donors (Lipinski definition) is 1. The molecule has 290 valence electrons. The molecule has 7 aliphatic rings. The van der Waals surface area contributed by atoms with E-state index < -0.39 is 41.9 Å². The average molecular weight is 764 g/mol. The topological polar surface area (TPSA) is 139 Å². The van der Waals surface area contributed by atoms with Crippen LogP contribution in [-0.4, -0.2) is 126 Å². The van der Waals surface area contributed by atoms with E-state index in [1.165, 1.54) is 22.6 Å². The molecular weight excluding hydrogens is 716 g/mol.